The molecule has 0 unspecified atom stereocenters. The fourth-order valence-corrected chi connectivity index (χ4v) is 4.04. The Balaban J connectivity index is 1.79. The molecule has 0 aliphatic carbocycles. The van der Waals surface area contributed by atoms with Crippen molar-refractivity contribution in [2.75, 3.05) is 23.4 Å². The van der Waals surface area contributed by atoms with Gasteiger partial charge >= 0.3 is 0 Å². The minimum atomic E-state index is -3.50. The first-order chi connectivity index (χ1) is 13.8. The molecule has 0 bridgehead atoms. The van der Waals surface area contributed by atoms with Crippen LogP contribution in [0.4, 0.5) is 11.9 Å². The number of para-hydroxylation sites is 1. The summed E-state index contributed by atoms with van der Waals surface area (Å²) in [5.41, 5.74) is 1.98. The zero-order valence-electron chi connectivity index (χ0n) is 15.8. The second kappa shape index (κ2) is 7.57. The minimum Gasteiger partial charge on any atom is -0.496 e. The Labute approximate surface area is 173 Å². The molecular formula is C19H20ClN5O3S. The molecule has 1 aromatic heterocycles. The first-order valence-electron chi connectivity index (χ1n) is 8.93. The van der Waals surface area contributed by atoms with Gasteiger partial charge in [-0.15, -0.1) is 5.10 Å². The van der Waals surface area contributed by atoms with E-state index in [1.165, 1.54) is 0 Å². The normalized spacial score (nSPS) is 18.6. The Morgan fingerprint density at radius 2 is 1.93 bits per heavy atom. The largest absolute Gasteiger partial charge is 0.496 e. The average Bonchev–Trinajstić information content (AvgIpc) is 3.08. The lowest BCUT2D eigenvalue weighted by Crippen LogP contribution is -2.28. The van der Waals surface area contributed by atoms with E-state index < -0.39 is 10.0 Å². The number of aromatic nitrogens is 3. The fourth-order valence-electron chi connectivity index (χ4n) is 3.50. The van der Waals surface area contributed by atoms with Gasteiger partial charge in [-0.2, -0.15) is 4.98 Å². The smallest absolute Gasteiger partial charge is 0.257 e. The van der Waals surface area contributed by atoms with E-state index >= 15 is 0 Å². The van der Waals surface area contributed by atoms with Crippen LogP contribution in [0.2, 0.25) is 5.02 Å². The van der Waals surface area contributed by atoms with Crippen LogP contribution < -0.4 is 14.8 Å². The molecule has 2 heterocycles. The Morgan fingerprint density at radius 3 is 2.62 bits per heavy atom. The molecule has 3 aromatic rings. The summed E-state index contributed by atoms with van der Waals surface area (Å²) in [6, 6.07) is 15.0. The molecule has 2 aromatic carbocycles. The van der Waals surface area contributed by atoms with Crippen LogP contribution in [0.25, 0.3) is 0 Å². The standard InChI is InChI=1S/C19H20ClN5O3S/c1-28-17-6-4-3-5-14(17)16-11-15(12-7-9-13(20)10-8-12)21-19-22-18(23-25(16)19)24-29(2,26)27/h3-10,15-16H,11H2,1-2H3,(H2,21,22,23,24)/t15-,16-/m0/s1. The maximum Gasteiger partial charge on any atom is 0.257 e. The molecule has 0 fully saturated rings. The van der Waals surface area contributed by atoms with Crippen molar-refractivity contribution in [3.63, 3.8) is 0 Å². The summed E-state index contributed by atoms with van der Waals surface area (Å²) in [6.45, 7) is 0. The lowest BCUT2D eigenvalue weighted by molar-refractivity contribution is 0.380. The lowest BCUT2D eigenvalue weighted by atomic mass is 9.93. The molecule has 2 atom stereocenters. The van der Waals surface area contributed by atoms with E-state index in [-0.39, 0.29) is 18.0 Å². The highest BCUT2D eigenvalue weighted by molar-refractivity contribution is 7.91. The van der Waals surface area contributed by atoms with Gasteiger partial charge < -0.3 is 10.1 Å². The number of hydrogen-bond acceptors (Lipinski definition) is 6. The van der Waals surface area contributed by atoms with Crippen molar-refractivity contribution in [1.82, 2.24) is 14.8 Å². The molecule has 0 spiro atoms. The average molecular weight is 434 g/mol. The molecule has 29 heavy (non-hydrogen) atoms. The SMILES string of the molecule is COc1ccccc1[C@@H]1C[C@@H](c2ccc(Cl)cc2)Nc2nc(NS(C)(=O)=O)nn21. The first-order valence-corrected chi connectivity index (χ1v) is 11.2. The van der Waals surface area contributed by atoms with Crippen LogP contribution in [0.1, 0.15) is 29.6 Å². The van der Waals surface area contributed by atoms with Gasteiger partial charge in [0, 0.05) is 10.6 Å². The molecule has 1 aliphatic heterocycles. The van der Waals surface area contributed by atoms with Crippen LogP contribution in [0.5, 0.6) is 5.75 Å². The Hall–Kier alpha value is -2.78. The highest BCUT2D eigenvalue weighted by Crippen LogP contribution is 2.41. The molecule has 0 saturated carbocycles. The summed E-state index contributed by atoms with van der Waals surface area (Å²) in [5, 5.41) is 8.40. The summed E-state index contributed by atoms with van der Waals surface area (Å²) in [7, 11) is -1.88. The topological polar surface area (TPSA) is 98.1 Å². The molecule has 152 valence electrons. The van der Waals surface area contributed by atoms with Gasteiger partial charge in [-0.3, -0.25) is 4.72 Å². The highest BCUT2D eigenvalue weighted by Gasteiger charge is 2.33. The quantitative estimate of drug-likeness (QED) is 0.639. The van der Waals surface area contributed by atoms with E-state index in [9.17, 15) is 8.42 Å². The number of sulfonamides is 1. The zero-order valence-corrected chi connectivity index (χ0v) is 17.4. The second-order valence-corrected chi connectivity index (χ2v) is 9.00. The number of benzene rings is 2. The number of methoxy groups -OCH3 is 1. The van der Waals surface area contributed by atoms with E-state index in [1.807, 2.05) is 48.5 Å². The number of ether oxygens (including phenoxy) is 1. The Morgan fingerprint density at radius 1 is 1.21 bits per heavy atom. The van der Waals surface area contributed by atoms with Crippen molar-refractivity contribution in [3.05, 3.63) is 64.7 Å². The predicted molar refractivity (Wildman–Crippen MR) is 112 cm³/mol. The van der Waals surface area contributed by atoms with E-state index in [0.717, 1.165) is 23.1 Å². The number of rotatable bonds is 5. The van der Waals surface area contributed by atoms with Gasteiger partial charge in [0.15, 0.2) is 0 Å². The van der Waals surface area contributed by atoms with Crippen LogP contribution in [0.3, 0.4) is 0 Å². The van der Waals surface area contributed by atoms with Gasteiger partial charge in [-0.25, -0.2) is 13.1 Å². The molecular weight excluding hydrogens is 414 g/mol. The third-order valence-electron chi connectivity index (χ3n) is 4.74. The predicted octanol–water partition coefficient (Wildman–Crippen LogP) is 3.46. The van der Waals surface area contributed by atoms with Crippen LogP contribution in [-0.4, -0.2) is 36.5 Å². The summed E-state index contributed by atoms with van der Waals surface area (Å²) >= 11 is 6.03. The molecule has 4 rings (SSSR count). The van der Waals surface area contributed by atoms with Crippen molar-refractivity contribution in [3.8, 4) is 5.75 Å². The molecule has 2 N–H and O–H groups in total. The maximum atomic E-state index is 11.6. The number of nitrogens with zero attached hydrogens (tertiary/aromatic N) is 3. The number of anilines is 2. The summed E-state index contributed by atoms with van der Waals surface area (Å²) in [6.07, 6.45) is 1.73. The van der Waals surface area contributed by atoms with Crippen LogP contribution >= 0.6 is 11.6 Å². The summed E-state index contributed by atoms with van der Waals surface area (Å²) in [5.74, 6) is 1.22. The van der Waals surface area contributed by atoms with E-state index in [1.54, 1.807) is 11.8 Å². The number of hydrogen-bond donors (Lipinski definition) is 2. The highest BCUT2D eigenvalue weighted by atomic mass is 35.5. The van der Waals surface area contributed by atoms with Crippen molar-refractivity contribution in [1.29, 1.82) is 0 Å². The Kier molecular flexibility index (Phi) is 5.10. The third-order valence-corrected chi connectivity index (χ3v) is 5.54. The minimum absolute atomic E-state index is 0.0201. The van der Waals surface area contributed by atoms with Crippen molar-refractivity contribution >= 4 is 33.5 Å². The van der Waals surface area contributed by atoms with Crippen LogP contribution in [-0.2, 0) is 10.0 Å². The molecule has 0 amide bonds. The van der Waals surface area contributed by atoms with Gasteiger partial charge in [-0.1, -0.05) is 41.9 Å². The van der Waals surface area contributed by atoms with E-state index in [4.69, 9.17) is 16.3 Å². The van der Waals surface area contributed by atoms with E-state index in [2.05, 4.69) is 20.1 Å². The molecule has 0 radical (unpaired) electrons. The van der Waals surface area contributed by atoms with Gasteiger partial charge in [0.2, 0.25) is 16.0 Å². The lowest BCUT2D eigenvalue weighted by Gasteiger charge is -2.32. The molecule has 10 heteroatoms. The second-order valence-electron chi connectivity index (χ2n) is 6.82. The third kappa shape index (κ3) is 4.15. The number of nitrogens with one attached hydrogen (secondary N) is 2. The Bertz CT molecular complexity index is 1130. The van der Waals surface area contributed by atoms with Gasteiger partial charge in [0.1, 0.15) is 5.75 Å². The van der Waals surface area contributed by atoms with Crippen LogP contribution in [0, 0.1) is 0 Å². The van der Waals surface area contributed by atoms with E-state index in [0.29, 0.717) is 17.4 Å². The van der Waals surface area contributed by atoms with Gasteiger partial charge in [-0.05, 0) is 30.2 Å². The zero-order chi connectivity index (χ0) is 20.6. The number of halogens is 1. The van der Waals surface area contributed by atoms with Crippen molar-refractivity contribution in [2.45, 2.75) is 18.5 Å². The van der Waals surface area contributed by atoms with Crippen LogP contribution in [0.15, 0.2) is 48.5 Å². The molecule has 1 aliphatic rings. The fraction of sp³-hybridized carbons (Fsp3) is 0.263. The summed E-state index contributed by atoms with van der Waals surface area (Å²) in [4.78, 5) is 4.34. The van der Waals surface area contributed by atoms with Crippen molar-refractivity contribution in [2.24, 2.45) is 0 Å². The van der Waals surface area contributed by atoms with Gasteiger partial charge in [0.25, 0.3) is 5.95 Å². The van der Waals surface area contributed by atoms with Crippen molar-refractivity contribution < 1.29 is 13.2 Å². The maximum absolute atomic E-state index is 11.6. The van der Waals surface area contributed by atoms with Gasteiger partial charge in [0.05, 0.1) is 25.4 Å². The first kappa shape index (κ1) is 19.5. The molecule has 0 saturated heterocycles. The summed E-state index contributed by atoms with van der Waals surface area (Å²) < 4.78 is 32.8. The molecule has 8 nitrogen and oxygen atoms in total. The monoisotopic (exact) mass is 433 g/mol. The number of fused-ring (bicyclic) bond motifs is 1.